The fourth-order valence-corrected chi connectivity index (χ4v) is 1.14. The molecule has 1 heterocycles. The molecule has 1 aromatic heterocycles. The molecule has 3 nitrogen and oxygen atoms in total. The Kier molecular flexibility index (Phi) is 2.20. The highest BCUT2D eigenvalue weighted by atomic mass is 35.5. The van der Waals surface area contributed by atoms with E-state index in [4.69, 9.17) is 22.6 Å². The number of nitrogens with zero attached hydrogens (tertiary/aromatic N) is 2. The topological polar surface area (TPSA) is 62.7 Å². The number of rotatable bonds is 0. The van der Waals surface area contributed by atoms with Crippen LogP contribution in [-0.4, -0.2) is 4.98 Å². The predicted molar refractivity (Wildman–Crippen MR) is 47.8 cm³/mol. The Morgan fingerprint density at radius 2 is 2.08 bits per heavy atom. The van der Waals surface area contributed by atoms with Gasteiger partial charge >= 0.3 is 0 Å². The smallest absolute Gasteiger partial charge is 0.142 e. The second kappa shape index (κ2) is 3.00. The molecule has 0 aromatic carbocycles. The van der Waals surface area contributed by atoms with Gasteiger partial charge in [0.2, 0.25) is 0 Å². The van der Waals surface area contributed by atoms with E-state index in [-0.39, 0.29) is 5.82 Å². The van der Waals surface area contributed by atoms with Gasteiger partial charge in [-0.2, -0.15) is 5.26 Å². The van der Waals surface area contributed by atoms with Gasteiger partial charge in [-0.1, -0.05) is 11.6 Å². The summed E-state index contributed by atoms with van der Waals surface area (Å²) in [5.41, 5.74) is 7.23. The first-order chi connectivity index (χ1) is 5.57. The molecule has 12 heavy (non-hydrogen) atoms. The summed E-state index contributed by atoms with van der Waals surface area (Å²) in [5, 5.41) is 9.20. The minimum Gasteiger partial charge on any atom is -0.383 e. The van der Waals surface area contributed by atoms with Gasteiger partial charge in [0.05, 0.1) is 16.3 Å². The van der Waals surface area contributed by atoms with Crippen LogP contribution < -0.4 is 5.73 Å². The number of aromatic nitrogens is 1. The molecule has 0 aliphatic heterocycles. The summed E-state index contributed by atoms with van der Waals surface area (Å²) in [4.78, 5) is 3.93. The molecule has 0 aliphatic rings. The molecular formula is C8H8ClN3. The van der Waals surface area contributed by atoms with Crippen molar-refractivity contribution in [3.63, 3.8) is 0 Å². The van der Waals surface area contributed by atoms with E-state index in [1.54, 1.807) is 13.8 Å². The van der Waals surface area contributed by atoms with Crippen LogP contribution in [0.1, 0.15) is 16.8 Å². The van der Waals surface area contributed by atoms with E-state index in [0.29, 0.717) is 21.8 Å². The normalized spacial score (nSPS) is 9.50. The lowest BCUT2D eigenvalue weighted by Crippen LogP contribution is -2.00. The number of hydrogen-bond acceptors (Lipinski definition) is 3. The highest BCUT2D eigenvalue weighted by molar-refractivity contribution is 6.32. The van der Waals surface area contributed by atoms with Crippen LogP contribution in [0.25, 0.3) is 0 Å². The lowest BCUT2D eigenvalue weighted by atomic mass is 10.1. The maximum Gasteiger partial charge on any atom is 0.142 e. The summed E-state index contributed by atoms with van der Waals surface area (Å²) < 4.78 is 0. The van der Waals surface area contributed by atoms with Crippen molar-refractivity contribution in [2.24, 2.45) is 0 Å². The van der Waals surface area contributed by atoms with Crippen molar-refractivity contribution >= 4 is 17.4 Å². The molecule has 0 saturated heterocycles. The van der Waals surface area contributed by atoms with Crippen LogP contribution in [0.3, 0.4) is 0 Å². The zero-order valence-corrected chi connectivity index (χ0v) is 7.61. The van der Waals surface area contributed by atoms with Gasteiger partial charge in [0.15, 0.2) is 0 Å². The average Bonchev–Trinajstić information content (AvgIpc) is 2.01. The molecule has 0 unspecified atom stereocenters. The fourth-order valence-electron chi connectivity index (χ4n) is 1.000. The third kappa shape index (κ3) is 1.21. The molecule has 0 amide bonds. The first kappa shape index (κ1) is 8.82. The Morgan fingerprint density at radius 1 is 1.50 bits per heavy atom. The van der Waals surface area contributed by atoms with Crippen molar-refractivity contribution in [1.29, 1.82) is 5.26 Å². The lowest BCUT2D eigenvalue weighted by Gasteiger charge is -2.05. The van der Waals surface area contributed by atoms with Crippen LogP contribution >= 0.6 is 11.6 Å². The molecule has 1 aromatic rings. The summed E-state index contributed by atoms with van der Waals surface area (Å²) in [6.45, 7) is 3.51. The largest absolute Gasteiger partial charge is 0.383 e. The molecule has 0 fully saturated rings. The number of nitrogens with two attached hydrogens (primary N) is 1. The van der Waals surface area contributed by atoms with Gasteiger partial charge in [0.1, 0.15) is 11.9 Å². The van der Waals surface area contributed by atoms with Crippen molar-refractivity contribution < 1.29 is 0 Å². The van der Waals surface area contributed by atoms with Crippen molar-refractivity contribution in [1.82, 2.24) is 4.98 Å². The van der Waals surface area contributed by atoms with E-state index in [1.807, 2.05) is 6.07 Å². The first-order valence-corrected chi connectivity index (χ1v) is 3.78. The number of nitriles is 1. The van der Waals surface area contributed by atoms with Crippen LogP contribution in [0.5, 0.6) is 0 Å². The Bertz CT molecular complexity index is 366. The second-order valence-corrected chi connectivity index (χ2v) is 2.89. The van der Waals surface area contributed by atoms with Gasteiger partial charge in [0.25, 0.3) is 0 Å². The van der Waals surface area contributed by atoms with Crippen LogP contribution in [0.4, 0.5) is 5.82 Å². The molecule has 2 N–H and O–H groups in total. The standard InChI is InChI=1S/C8H8ClN3/c1-4-6(3-10)8(11)12-5(2)7(4)9/h1-2H3,(H2,11,12). The fraction of sp³-hybridized carbons (Fsp3) is 0.250. The Morgan fingerprint density at radius 3 is 2.58 bits per heavy atom. The van der Waals surface area contributed by atoms with E-state index in [0.717, 1.165) is 0 Å². The van der Waals surface area contributed by atoms with Crippen LogP contribution in [0, 0.1) is 25.2 Å². The molecule has 0 bridgehead atoms. The van der Waals surface area contributed by atoms with Crippen molar-refractivity contribution in [2.75, 3.05) is 5.73 Å². The molecule has 62 valence electrons. The molecule has 0 saturated carbocycles. The maximum absolute atomic E-state index is 8.69. The van der Waals surface area contributed by atoms with Crippen molar-refractivity contribution in [2.45, 2.75) is 13.8 Å². The summed E-state index contributed by atoms with van der Waals surface area (Å²) in [6.07, 6.45) is 0. The number of anilines is 1. The van der Waals surface area contributed by atoms with E-state index in [9.17, 15) is 0 Å². The monoisotopic (exact) mass is 181 g/mol. The number of nitrogen functional groups attached to an aromatic ring is 1. The minimum atomic E-state index is 0.247. The Hall–Kier alpha value is -1.27. The van der Waals surface area contributed by atoms with Gasteiger partial charge in [0, 0.05) is 0 Å². The Balaban J connectivity index is 3.54. The van der Waals surface area contributed by atoms with Crippen molar-refractivity contribution in [3.05, 3.63) is 21.8 Å². The van der Waals surface area contributed by atoms with E-state index in [2.05, 4.69) is 4.98 Å². The Labute approximate surface area is 75.8 Å². The molecule has 4 heteroatoms. The quantitative estimate of drug-likeness (QED) is 0.664. The highest BCUT2D eigenvalue weighted by Gasteiger charge is 2.10. The number of pyridine rings is 1. The average molecular weight is 182 g/mol. The minimum absolute atomic E-state index is 0.247. The SMILES string of the molecule is Cc1nc(N)c(C#N)c(C)c1Cl. The van der Waals surface area contributed by atoms with E-state index in [1.165, 1.54) is 0 Å². The third-order valence-corrected chi connectivity index (χ3v) is 2.23. The second-order valence-electron chi connectivity index (χ2n) is 2.51. The number of halogens is 1. The summed E-state index contributed by atoms with van der Waals surface area (Å²) in [7, 11) is 0. The summed E-state index contributed by atoms with van der Waals surface area (Å²) in [6, 6.07) is 1.96. The summed E-state index contributed by atoms with van der Waals surface area (Å²) >= 11 is 5.86. The predicted octanol–water partition coefficient (Wildman–Crippen LogP) is 1.81. The van der Waals surface area contributed by atoms with Crippen LogP contribution in [-0.2, 0) is 0 Å². The molecular weight excluding hydrogens is 174 g/mol. The maximum atomic E-state index is 8.69. The van der Waals surface area contributed by atoms with Crippen LogP contribution in [0.15, 0.2) is 0 Å². The van der Waals surface area contributed by atoms with Gasteiger partial charge in [-0.3, -0.25) is 0 Å². The summed E-state index contributed by atoms with van der Waals surface area (Å²) in [5.74, 6) is 0.247. The number of hydrogen-bond donors (Lipinski definition) is 1. The van der Waals surface area contributed by atoms with E-state index >= 15 is 0 Å². The lowest BCUT2D eigenvalue weighted by molar-refractivity contribution is 1.17. The zero-order chi connectivity index (χ0) is 9.30. The molecule has 0 aliphatic carbocycles. The van der Waals surface area contributed by atoms with Gasteiger partial charge in [-0.15, -0.1) is 0 Å². The zero-order valence-electron chi connectivity index (χ0n) is 6.85. The highest BCUT2D eigenvalue weighted by Crippen LogP contribution is 2.24. The van der Waals surface area contributed by atoms with Gasteiger partial charge < -0.3 is 5.73 Å². The molecule has 1 rings (SSSR count). The molecule has 0 spiro atoms. The number of aryl methyl sites for hydroxylation is 1. The van der Waals surface area contributed by atoms with Gasteiger partial charge in [-0.25, -0.2) is 4.98 Å². The van der Waals surface area contributed by atoms with Crippen LogP contribution in [0.2, 0.25) is 5.02 Å². The molecule has 0 atom stereocenters. The van der Waals surface area contributed by atoms with Gasteiger partial charge in [-0.05, 0) is 19.4 Å². The first-order valence-electron chi connectivity index (χ1n) is 3.40. The van der Waals surface area contributed by atoms with E-state index < -0.39 is 0 Å². The molecule has 0 radical (unpaired) electrons. The van der Waals surface area contributed by atoms with Crippen molar-refractivity contribution in [3.8, 4) is 6.07 Å². The third-order valence-electron chi connectivity index (χ3n) is 1.68.